The van der Waals surface area contributed by atoms with Gasteiger partial charge in [-0.2, -0.15) is 0 Å². The number of likely N-dealkylation sites (tertiary alicyclic amines) is 3. The zero-order valence-corrected chi connectivity index (χ0v) is 85.9. The van der Waals surface area contributed by atoms with Crippen LogP contribution in [0.25, 0.3) is 0 Å². The molecular formula is C86H91F9IK3N12O17P2. The van der Waals surface area contributed by atoms with Crippen LogP contribution in [0.2, 0.25) is 0 Å². The van der Waals surface area contributed by atoms with Crippen molar-refractivity contribution in [2.24, 2.45) is 17.4 Å². The SMILES string of the molecule is CC(=O)N[C@@H](Cc1ccccc1)C(=O)O.CC(=O)PI.CCN1C(=O)[C@@H](CC(=O)c2cnc3c(c2)C[C@@]2(C3)C(=O)Nc3ncccc32)C[C@@H](c2c(F)ccc(F)c2F)[C@H]1C.CCN1C(=O)[C@@H](N)C[C@@H](c2c(F)ccc(F)c2F)[C@H]1C.CCN1C(=O)[C@@H](N)C[C@@H](c2c(F)ccc(F)c2F)[C@H]1C.O.O=C(O)c1cnc2c(c1)C[C@@]1(C2)C(=O)Nc2ncccc21.O=[P+]([O-])O[O-].[K+].[K][K]. The molecule has 2 unspecified atom stereocenters. The van der Waals surface area contributed by atoms with E-state index in [1.807, 2.05) is 42.5 Å². The predicted octanol–water partition coefficient (Wildman–Crippen LogP) is 6.06. The number of piperidine rings is 3. The van der Waals surface area contributed by atoms with Crippen LogP contribution in [0.1, 0.15) is 175 Å². The number of halogens is 10. The number of hydrogen-bond donors (Lipinski definition) is 7. The average Bonchev–Trinajstić information content (AvgIpc) is 1.59. The van der Waals surface area contributed by atoms with Gasteiger partial charge in [0.15, 0.2) is 46.2 Å². The molecule has 8 aromatic rings. The number of aliphatic carboxylic acids is 1. The summed E-state index contributed by atoms with van der Waals surface area (Å²) in [6, 6.07) is 20.9. The zero-order valence-electron chi connectivity index (χ0n) is 72.5. The zero-order chi connectivity index (χ0) is 94.8. The van der Waals surface area contributed by atoms with Gasteiger partial charge in [-0.3, -0.25) is 48.3 Å². The first kappa shape index (κ1) is 113. The summed E-state index contributed by atoms with van der Waals surface area (Å²) in [4.78, 5) is 149. The van der Waals surface area contributed by atoms with Gasteiger partial charge in [-0.05, 0) is 185 Å². The van der Waals surface area contributed by atoms with Crippen LogP contribution >= 0.6 is 36.5 Å². The first-order valence-electron chi connectivity index (χ1n) is 40.6. The van der Waals surface area contributed by atoms with E-state index in [0.717, 1.165) is 75.6 Å². The van der Waals surface area contributed by atoms with E-state index in [0.29, 0.717) is 68.6 Å². The number of pyridine rings is 4. The fourth-order valence-electron chi connectivity index (χ4n) is 17.0. The van der Waals surface area contributed by atoms with Crippen LogP contribution in [-0.4, -0.2) is 228 Å². The number of rotatable bonds is 16. The van der Waals surface area contributed by atoms with Crippen LogP contribution in [0, 0.1) is 58.3 Å². The van der Waals surface area contributed by atoms with Gasteiger partial charge >= 0.3 is 135 Å². The Hall–Kier alpha value is -6.12. The third-order valence-electron chi connectivity index (χ3n) is 23.2. The number of carboxylic acid groups (broad SMARTS) is 2. The molecule has 15 rings (SSSR count). The number of carbonyl (C=O) groups excluding carboxylic acids is 8. The summed E-state index contributed by atoms with van der Waals surface area (Å²) in [5.74, 6) is -15.1. The fraction of sp³-hybridized carbons (Fsp3) is 0.372. The molecule has 680 valence electrons. The van der Waals surface area contributed by atoms with Crippen LogP contribution in [0.5, 0.6) is 0 Å². The maximum atomic E-state index is 14.8. The fourth-order valence-corrected chi connectivity index (χ4v) is 17.0. The summed E-state index contributed by atoms with van der Waals surface area (Å²) in [7, 11) is -3.15. The molecule has 11 N–H and O–H groups in total. The topological polar surface area (TPSA) is 464 Å². The number of nitrogens with zero attached hydrogens (tertiary/aromatic N) is 7. The Labute approximate surface area is 845 Å². The Morgan fingerprint density at radius 1 is 0.592 bits per heavy atom. The number of likely N-dealkylation sites (N-methyl/N-ethyl adjacent to an activating group) is 3. The Balaban J connectivity index is 0.000000252. The molecule has 0 radical (unpaired) electrons. The number of nitrogens with one attached hydrogen (secondary N) is 3. The van der Waals surface area contributed by atoms with Crippen LogP contribution in [-0.2, 0) is 90.5 Å². The number of aromatic nitrogens is 4. The Morgan fingerprint density at radius 2 is 0.954 bits per heavy atom. The number of nitrogens with two attached hydrogens (primary N) is 2. The summed E-state index contributed by atoms with van der Waals surface area (Å²) >= 11 is 4.56. The third kappa shape index (κ3) is 26.6. The average molecular weight is 2040 g/mol. The first-order chi connectivity index (χ1) is 60.6. The summed E-state index contributed by atoms with van der Waals surface area (Å²) in [5, 5.41) is 34.5. The number of carboxylic acids is 2. The molecule has 3 fully saturated rings. The van der Waals surface area contributed by atoms with E-state index >= 15 is 0 Å². The van der Waals surface area contributed by atoms with Crippen LogP contribution < -0.4 is 89.0 Å². The van der Waals surface area contributed by atoms with E-state index in [-0.39, 0.29) is 153 Å². The molecule has 6 amide bonds. The number of ketones is 1. The van der Waals surface area contributed by atoms with E-state index < -0.39 is 149 Å². The van der Waals surface area contributed by atoms with Crippen LogP contribution in [0.15, 0.2) is 128 Å². The number of anilines is 2. The number of hydrogen-bond acceptors (Lipinski definition) is 20. The number of Topliss-reactive ketones (excluding diaryl/α,β-unsaturated/α-hetero) is 1. The summed E-state index contributed by atoms with van der Waals surface area (Å²) < 4.78 is 137. The van der Waals surface area contributed by atoms with E-state index in [1.165, 1.54) is 97.2 Å². The van der Waals surface area contributed by atoms with Gasteiger partial charge in [0.05, 0.1) is 28.5 Å². The molecule has 130 heavy (non-hydrogen) atoms. The monoisotopic (exact) mass is 2040 g/mol. The molecule has 3 saturated heterocycles. The Morgan fingerprint density at radius 3 is 1.31 bits per heavy atom. The standard InChI is InChI=1S/C30H27F3N4O3.C15H11N3O3.2C14H17F3N2O.C11H13NO3.C2H4IOP.3K.HO4P.H2O/c1-3-37-15(2)19(25-21(31)6-7-22(32)26(25)33)10-16(28(37)39)11-24(38)18-9-17-12-30(13-23(17)35-14-18)20-5-4-8-34-27(20)36-29(30)40;19-13(20)9-4-8-5-15(6-11(8)17-7-9)10-2-1-3-16-12(10)18-14(15)21;2*1-3-19-7(2)8(6-11(18)14(19)20)12-9(15)4-5-10(16)13(12)17;1-8(13)12-10(11(14)15)7-9-5-3-2-4-6-9;1-2(4)5-3;;;;1-4-5(2)3;/h4-9,14-16,19H,3,10-13H2,1-2H3,(H,34,36,40);1-4,7H,5-6H2,(H,19,20)(H,16,18,21);2*4-5,7-8,11H,3,6,18H2,1-2H3;2-6,10H,7H2,1H3,(H,12,13)(H,14,15);5H,1H3;;;;1H;1H2/q;;;;;;;;+1;;/p-1/t15-,16-,19-,30+;15-;2*7-,8-,11+;10-;;;;;;/m10110....../s1. The molecule has 14 atom stereocenters. The molecule has 9 heterocycles. The molecule has 44 heteroatoms. The minimum atomic E-state index is -3.15. The van der Waals surface area contributed by atoms with Crippen LogP contribution in [0.4, 0.5) is 51.1 Å². The molecule has 0 bridgehead atoms. The summed E-state index contributed by atoms with van der Waals surface area (Å²) in [5.41, 5.74) is 15.3. The van der Waals surface area contributed by atoms with E-state index in [4.69, 9.17) is 36.4 Å². The number of amides is 6. The second kappa shape index (κ2) is 51.2. The van der Waals surface area contributed by atoms with Crippen molar-refractivity contribution in [1.29, 1.82) is 0 Å². The number of aromatic carboxylic acids is 1. The third-order valence-corrected chi connectivity index (χ3v) is 25.8. The Bertz CT molecular complexity index is 5410. The molecule has 5 aliphatic heterocycles. The molecule has 2 aliphatic carbocycles. The maximum absolute atomic E-state index is 14.8. The van der Waals surface area contributed by atoms with E-state index in [9.17, 15) is 87.5 Å². The minimum absolute atomic E-state index is 0. The molecule has 7 aliphatic rings. The van der Waals surface area contributed by atoms with Gasteiger partial charge in [0, 0.05) is 170 Å². The second-order valence-corrected chi connectivity index (χ2v) is 33.8. The van der Waals surface area contributed by atoms with Crippen molar-refractivity contribution >= 4 is 170 Å². The van der Waals surface area contributed by atoms with Gasteiger partial charge in [-0.15, -0.1) is 0 Å². The molecule has 4 aromatic carbocycles. The van der Waals surface area contributed by atoms with E-state index in [2.05, 4.69) is 62.6 Å². The number of benzene rings is 4. The van der Waals surface area contributed by atoms with Crippen molar-refractivity contribution in [3.05, 3.63) is 247 Å². The second-order valence-electron chi connectivity index (χ2n) is 30.7. The molecular weight excluding hydrogens is 1950 g/mol. The molecule has 4 aromatic heterocycles. The number of fused-ring (bicyclic) bond motifs is 6. The van der Waals surface area contributed by atoms with Crippen molar-refractivity contribution in [2.45, 2.75) is 178 Å². The van der Waals surface area contributed by atoms with Gasteiger partial charge < -0.3 is 68.0 Å². The van der Waals surface area contributed by atoms with Crippen LogP contribution in [0.3, 0.4) is 0 Å². The van der Waals surface area contributed by atoms with Crippen molar-refractivity contribution in [3.8, 4) is 0 Å². The molecule has 0 saturated carbocycles. The van der Waals surface area contributed by atoms with Gasteiger partial charge in [-0.25, -0.2) is 63.7 Å². The summed E-state index contributed by atoms with van der Waals surface area (Å²) in [6.45, 7) is 14.3. The summed E-state index contributed by atoms with van der Waals surface area (Å²) in [6.07, 6.45) is 8.52. The van der Waals surface area contributed by atoms with Gasteiger partial charge in [0.1, 0.15) is 35.1 Å². The quantitative estimate of drug-likeness (QED) is 0.00844. The van der Waals surface area contributed by atoms with Crippen molar-refractivity contribution in [2.75, 3.05) is 30.3 Å². The van der Waals surface area contributed by atoms with Crippen molar-refractivity contribution < 1.29 is 174 Å². The van der Waals surface area contributed by atoms with Gasteiger partial charge in [0.2, 0.25) is 35.4 Å². The number of carbonyl (C=O) groups is 10. The van der Waals surface area contributed by atoms with Gasteiger partial charge in [-0.1, -0.05) is 42.5 Å². The Kier molecular flexibility index (Phi) is 44.3. The van der Waals surface area contributed by atoms with Crippen molar-refractivity contribution in [1.82, 2.24) is 40.0 Å². The van der Waals surface area contributed by atoms with Crippen molar-refractivity contribution in [3.63, 3.8) is 0 Å². The molecule has 2 spiro atoms. The first-order valence-corrected chi connectivity index (χ1v) is 61.8. The van der Waals surface area contributed by atoms with E-state index in [1.54, 1.807) is 85.1 Å². The van der Waals surface area contributed by atoms with Gasteiger partial charge in [0.25, 0.3) is 0 Å². The normalized spacial score (nSPS) is 21.9. The molecule has 29 nitrogen and oxygen atoms in total. The predicted molar refractivity (Wildman–Crippen MR) is 462 cm³/mol.